The van der Waals surface area contributed by atoms with Crippen molar-refractivity contribution in [2.24, 2.45) is 5.41 Å². The van der Waals surface area contributed by atoms with Crippen molar-refractivity contribution in [2.45, 2.75) is 76.8 Å². The molecule has 4 bridgehead atoms. The van der Waals surface area contributed by atoms with Gasteiger partial charge in [-0.1, -0.05) is 24.3 Å². The zero-order valence-electron chi connectivity index (χ0n) is 27.0. The first-order valence-corrected chi connectivity index (χ1v) is 17.2. The molecule has 2 aromatic carbocycles. The van der Waals surface area contributed by atoms with E-state index in [0.29, 0.717) is 25.3 Å². The number of anilines is 1. The Morgan fingerprint density at radius 1 is 1.00 bits per heavy atom. The zero-order valence-corrected chi connectivity index (χ0v) is 27.8. The average Bonchev–Trinajstić information content (AvgIpc) is 2.97. The fourth-order valence-electron chi connectivity index (χ4n) is 6.79. The monoisotopic (exact) mass is 647 g/mol. The van der Waals surface area contributed by atoms with Crippen LogP contribution in [0.4, 0.5) is 10.7 Å². The first-order valence-electron chi connectivity index (χ1n) is 15.7. The van der Waals surface area contributed by atoms with Crippen LogP contribution < -0.4 is 9.46 Å². The van der Waals surface area contributed by atoms with E-state index in [1.54, 1.807) is 28.0 Å². The number of hydrogen-bond acceptors (Lipinski definition) is 8. The summed E-state index contributed by atoms with van der Waals surface area (Å²) in [7, 11) is -4.12. The molecule has 2 fully saturated rings. The van der Waals surface area contributed by atoms with Gasteiger partial charge in [0.15, 0.2) is 0 Å². The van der Waals surface area contributed by atoms with E-state index < -0.39 is 15.6 Å². The molecule has 0 unspecified atom stereocenters. The summed E-state index contributed by atoms with van der Waals surface area (Å²) in [6, 6.07) is 13.6. The maximum atomic E-state index is 14.0. The average molecular weight is 648 g/mol. The summed E-state index contributed by atoms with van der Waals surface area (Å²) in [4.78, 5) is 39.0. The molecule has 2 aliphatic heterocycles. The van der Waals surface area contributed by atoms with Crippen LogP contribution >= 0.6 is 0 Å². The van der Waals surface area contributed by atoms with Gasteiger partial charge in [0, 0.05) is 36.3 Å². The Hall–Kier alpha value is -4.19. The fraction of sp³-hybridized carbons (Fsp3) is 0.471. The number of likely N-dealkylation sites (tertiary alicyclic amines) is 1. The predicted molar refractivity (Wildman–Crippen MR) is 173 cm³/mol. The Morgan fingerprint density at radius 3 is 2.35 bits per heavy atom. The molecule has 6 rings (SSSR count). The molecule has 3 aliphatic rings. The van der Waals surface area contributed by atoms with E-state index in [9.17, 15) is 18.0 Å². The number of nitrogens with one attached hydrogen (secondary N) is 1. The minimum absolute atomic E-state index is 0.0427. The van der Waals surface area contributed by atoms with Gasteiger partial charge in [-0.3, -0.25) is 4.79 Å². The van der Waals surface area contributed by atoms with Gasteiger partial charge < -0.3 is 19.3 Å². The number of fused-ring (bicyclic) bond motifs is 4. The molecule has 1 aromatic heterocycles. The molecule has 0 atom stereocenters. The van der Waals surface area contributed by atoms with Gasteiger partial charge in [0.25, 0.3) is 15.9 Å². The topological polar surface area (TPSA) is 131 Å². The quantitative estimate of drug-likeness (QED) is 0.382. The Bertz CT molecular complexity index is 1750. The second kappa shape index (κ2) is 11.9. The van der Waals surface area contributed by atoms with Crippen molar-refractivity contribution in [1.82, 2.24) is 19.8 Å². The van der Waals surface area contributed by atoms with Crippen LogP contribution in [0, 0.1) is 19.3 Å². The SMILES string of the molecule is Cc1cccc(C)c1-c1cc2nc(n1)NS(=O)(=O)c1cccc(c1)C(=O)N(C1CC3(CCN(C(=O)OC(C)(C)C)CC3)C1)CCO2. The highest BCUT2D eigenvalue weighted by Crippen LogP contribution is 2.51. The van der Waals surface area contributed by atoms with Gasteiger partial charge in [0.05, 0.1) is 17.1 Å². The highest BCUT2D eigenvalue weighted by Gasteiger charge is 2.49. The number of carbonyl (C=O) groups is 2. The summed E-state index contributed by atoms with van der Waals surface area (Å²) in [6.07, 6.45) is 2.99. The second-order valence-corrected chi connectivity index (χ2v) is 15.4. The number of rotatable bonds is 2. The largest absolute Gasteiger partial charge is 0.476 e. The van der Waals surface area contributed by atoms with Gasteiger partial charge in [0.2, 0.25) is 11.8 Å². The minimum Gasteiger partial charge on any atom is -0.476 e. The smallest absolute Gasteiger partial charge is 0.410 e. The highest BCUT2D eigenvalue weighted by molar-refractivity contribution is 7.92. The number of ether oxygens (including phenoxy) is 2. The third-order valence-electron chi connectivity index (χ3n) is 9.15. The van der Waals surface area contributed by atoms with Crippen LogP contribution in [0.5, 0.6) is 5.88 Å². The van der Waals surface area contributed by atoms with Crippen molar-refractivity contribution in [3.05, 3.63) is 65.2 Å². The molecule has 1 spiro atoms. The molecule has 1 saturated carbocycles. The van der Waals surface area contributed by atoms with Crippen LogP contribution in [-0.2, 0) is 14.8 Å². The lowest BCUT2D eigenvalue weighted by Crippen LogP contribution is -2.57. The van der Waals surface area contributed by atoms with Crippen molar-refractivity contribution >= 4 is 28.0 Å². The second-order valence-electron chi connectivity index (χ2n) is 13.7. The molecular formula is C34H41N5O6S. The van der Waals surface area contributed by atoms with Gasteiger partial charge in [-0.2, -0.15) is 4.98 Å². The van der Waals surface area contributed by atoms with Gasteiger partial charge in [0.1, 0.15) is 12.2 Å². The molecule has 3 heterocycles. The van der Waals surface area contributed by atoms with E-state index in [2.05, 4.69) is 14.7 Å². The Kier molecular flexibility index (Phi) is 8.20. The van der Waals surface area contributed by atoms with E-state index in [-0.39, 0.29) is 52.4 Å². The number of benzene rings is 2. The van der Waals surface area contributed by atoms with Gasteiger partial charge in [-0.25, -0.2) is 22.9 Å². The van der Waals surface area contributed by atoms with E-state index in [4.69, 9.17) is 9.47 Å². The number of hydrogen-bond donors (Lipinski definition) is 1. The van der Waals surface area contributed by atoms with Gasteiger partial charge in [-0.15, -0.1) is 0 Å². The molecule has 2 amide bonds. The van der Waals surface area contributed by atoms with Crippen molar-refractivity contribution in [1.29, 1.82) is 0 Å². The molecule has 1 N–H and O–H groups in total. The summed E-state index contributed by atoms with van der Waals surface area (Å²) >= 11 is 0. The molecule has 244 valence electrons. The van der Waals surface area contributed by atoms with Crippen molar-refractivity contribution < 1.29 is 27.5 Å². The predicted octanol–water partition coefficient (Wildman–Crippen LogP) is 5.58. The Labute approximate surface area is 270 Å². The van der Waals surface area contributed by atoms with E-state index in [1.807, 2.05) is 52.8 Å². The fourth-order valence-corrected chi connectivity index (χ4v) is 7.78. The van der Waals surface area contributed by atoms with E-state index in [0.717, 1.165) is 42.4 Å². The minimum atomic E-state index is -4.12. The highest BCUT2D eigenvalue weighted by atomic mass is 32.2. The van der Waals surface area contributed by atoms with Crippen LogP contribution in [0.2, 0.25) is 0 Å². The van der Waals surface area contributed by atoms with Crippen LogP contribution in [0.15, 0.2) is 53.4 Å². The zero-order chi connectivity index (χ0) is 32.9. The lowest BCUT2D eigenvalue weighted by Gasteiger charge is -2.55. The number of aromatic nitrogens is 2. The van der Waals surface area contributed by atoms with Crippen LogP contribution in [0.25, 0.3) is 11.3 Å². The first kappa shape index (κ1) is 31.8. The number of amides is 2. The molecule has 12 heteroatoms. The van der Waals surface area contributed by atoms with Crippen LogP contribution in [-0.4, -0.2) is 78.1 Å². The Balaban J connectivity index is 1.25. The molecule has 0 radical (unpaired) electrons. The normalized spacial score (nSPS) is 19.5. The third-order valence-corrected chi connectivity index (χ3v) is 10.5. The standard InChI is InChI=1S/C34H41N5O6S/c1-22-8-6-9-23(2)29(22)27-19-28-36-31(35-27)37-46(42,43)26-11-7-10-24(18-26)30(40)39(16-17-44-28)25-20-34(21-25)12-14-38(15-13-34)32(41)45-33(3,4)5/h6-11,18-19,25H,12-17,20-21H2,1-5H3,(H,35,36,37). The van der Waals surface area contributed by atoms with E-state index in [1.165, 1.54) is 12.1 Å². The van der Waals surface area contributed by atoms with Crippen molar-refractivity contribution in [3.8, 4) is 17.1 Å². The summed E-state index contributed by atoms with van der Waals surface area (Å²) in [5, 5.41) is 0. The molecule has 1 aliphatic carbocycles. The molecule has 3 aromatic rings. The maximum Gasteiger partial charge on any atom is 0.410 e. The molecule has 11 nitrogen and oxygen atoms in total. The summed E-state index contributed by atoms with van der Waals surface area (Å²) < 4.78 is 41.2. The number of nitrogens with zero attached hydrogens (tertiary/aromatic N) is 4. The van der Waals surface area contributed by atoms with Crippen LogP contribution in [0.3, 0.4) is 0 Å². The summed E-state index contributed by atoms with van der Waals surface area (Å²) in [5.74, 6) is -0.148. The molecule has 46 heavy (non-hydrogen) atoms. The lowest BCUT2D eigenvalue weighted by molar-refractivity contribution is -0.0425. The number of aryl methyl sites for hydroxylation is 2. The van der Waals surface area contributed by atoms with Crippen LogP contribution in [0.1, 0.15) is 67.9 Å². The number of sulfonamides is 1. The van der Waals surface area contributed by atoms with E-state index >= 15 is 0 Å². The Morgan fingerprint density at radius 2 is 1.67 bits per heavy atom. The number of piperidine rings is 1. The summed E-state index contributed by atoms with van der Waals surface area (Å²) in [5.41, 5.74) is 3.16. The van der Waals surface area contributed by atoms with Crippen molar-refractivity contribution in [2.75, 3.05) is 31.0 Å². The first-order chi connectivity index (χ1) is 21.7. The maximum absolute atomic E-state index is 14.0. The summed E-state index contributed by atoms with van der Waals surface area (Å²) in [6.45, 7) is 11.2. The van der Waals surface area contributed by atoms with Crippen molar-refractivity contribution in [3.63, 3.8) is 0 Å². The number of carbonyl (C=O) groups excluding carboxylic acids is 2. The molecular weight excluding hydrogens is 606 g/mol. The third kappa shape index (κ3) is 6.53. The molecule has 1 saturated heterocycles. The lowest BCUT2D eigenvalue weighted by atomic mass is 9.60. The van der Waals surface area contributed by atoms with Gasteiger partial charge in [-0.05, 0) is 95.0 Å². The van der Waals surface area contributed by atoms with Gasteiger partial charge >= 0.3 is 6.09 Å².